The number of nitrogens with one attached hydrogen (secondary N) is 1. The minimum atomic E-state index is 0.711. The van der Waals surface area contributed by atoms with Crippen molar-refractivity contribution < 1.29 is 0 Å². The van der Waals surface area contributed by atoms with Crippen molar-refractivity contribution in [2.24, 2.45) is 16.6 Å². The van der Waals surface area contributed by atoms with Gasteiger partial charge in [0.1, 0.15) is 0 Å². The fourth-order valence-corrected chi connectivity index (χ4v) is 3.36. The van der Waals surface area contributed by atoms with Gasteiger partial charge < -0.3 is 15.6 Å². The maximum Gasteiger partial charge on any atom is 0.191 e. The number of piperidine rings is 1. The van der Waals surface area contributed by atoms with Crippen LogP contribution in [0.4, 0.5) is 0 Å². The van der Waals surface area contributed by atoms with Crippen LogP contribution in [0.2, 0.25) is 0 Å². The number of hydrogen-bond donors (Lipinski definition) is 2. The van der Waals surface area contributed by atoms with Crippen molar-refractivity contribution in [3.05, 3.63) is 35.5 Å². The molecule has 1 aromatic heterocycles. The van der Waals surface area contributed by atoms with E-state index in [2.05, 4.69) is 53.1 Å². The van der Waals surface area contributed by atoms with Crippen LogP contribution >= 0.6 is 0 Å². The van der Waals surface area contributed by atoms with Gasteiger partial charge in [0.25, 0.3) is 0 Å². The Morgan fingerprint density at radius 3 is 3.14 bits per heavy atom. The Bertz CT molecular complexity index is 671. The van der Waals surface area contributed by atoms with Gasteiger partial charge in [-0.25, -0.2) is 0 Å². The number of hydrogen-bond acceptors (Lipinski definition) is 1. The summed E-state index contributed by atoms with van der Waals surface area (Å²) < 4.78 is 0. The third-order valence-corrected chi connectivity index (χ3v) is 4.65. The van der Waals surface area contributed by atoms with Crippen LogP contribution in [0.1, 0.15) is 30.9 Å². The first-order valence-corrected chi connectivity index (χ1v) is 8.25. The number of aliphatic imine (C=N–C) groups is 1. The average molecular weight is 298 g/mol. The van der Waals surface area contributed by atoms with E-state index >= 15 is 0 Å². The first kappa shape index (κ1) is 14.9. The van der Waals surface area contributed by atoms with E-state index in [1.54, 1.807) is 0 Å². The summed E-state index contributed by atoms with van der Waals surface area (Å²) in [4.78, 5) is 10.2. The molecule has 118 valence electrons. The lowest BCUT2D eigenvalue weighted by Crippen LogP contribution is -2.43. The Labute approximate surface area is 132 Å². The fraction of sp³-hybridized carbons (Fsp3) is 0.500. The number of para-hydroxylation sites is 1. The number of nitrogens with zero attached hydrogens (tertiary/aromatic N) is 2. The van der Waals surface area contributed by atoms with Gasteiger partial charge in [-0.3, -0.25) is 4.99 Å². The molecule has 0 saturated carbocycles. The first-order chi connectivity index (χ1) is 10.6. The van der Waals surface area contributed by atoms with Gasteiger partial charge in [0.15, 0.2) is 5.96 Å². The van der Waals surface area contributed by atoms with Crippen molar-refractivity contribution in [2.45, 2.75) is 33.1 Å². The summed E-state index contributed by atoms with van der Waals surface area (Å²) in [6.07, 6.45) is 5.55. The minimum Gasteiger partial charge on any atom is -0.370 e. The molecule has 1 aliphatic heterocycles. The zero-order valence-electron chi connectivity index (χ0n) is 13.6. The van der Waals surface area contributed by atoms with Gasteiger partial charge in [0.05, 0.1) is 0 Å². The number of H-pyrrole nitrogens is 1. The number of aromatic amines is 1. The molecule has 1 aromatic carbocycles. The number of nitrogens with two attached hydrogens (primary N) is 1. The van der Waals surface area contributed by atoms with Crippen LogP contribution in [0, 0.1) is 12.8 Å². The van der Waals surface area contributed by atoms with Crippen LogP contribution in [-0.4, -0.2) is 35.5 Å². The molecular formula is C18H26N4. The van der Waals surface area contributed by atoms with Crippen LogP contribution < -0.4 is 5.73 Å². The largest absolute Gasteiger partial charge is 0.370 e. The SMILES string of the molecule is Cc1cccc2c(CCN=C(N)N3CCCC(C)C3)c[nH]c12. The third kappa shape index (κ3) is 3.11. The summed E-state index contributed by atoms with van der Waals surface area (Å²) in [7, 11) is 0. The lowest BCUT2D eigenvalue weighted by molar-refractivity contribution is 0.270. The van der Waals surface area contributed by atoms with Crippen molar-refractivity contribution in [2.75, 3.05) is 19.6 Å². The van der Waals surface area contributed by atoms with Gasteiger partial charge in [0.2, 0.25) is 0 Å². The van der Waals surface area contributed by atoms with Crippen molar-refractivity contribution >= 4 is 16.9 Å². The van der Waals surface area contributed by atoms with Crippen molar-refractivity contribution in [1.82, 2.24) is 9.88 Å². The van der Waals surface area contributed by atoms with Crippen molar-refractivity contribution in [3.8, 4) is 0 Å². The Kier molecular flexibility index (Phi) is 4.36. The van der Waals surface area contributed by atoms with E-state index in [-0.39, 0.29) is 0 Å². The predicted molar refractivity (Wildman–Crippen MR) is 93.2 cm³/mol. The molecule has 0 bridgehead atoms. The molecule has 22 heavy (non-hydrogen) atoms. The number of aromatic nitrogens is 1. The highest BCUT2D eigenvalue weighted by molar-refractivity contribution is 5.86. The van der Waals surface area contributed by atoms with Crippen LogP contribution in [0.3, 0.4) is 0 Å². The molecule has 0 amide bonds. The highest BCUT2D eigenvalue weighted by atomic mass is 15.3. The minimum absolute atomic E-state index is 0.711. The maximum atomic E-state index is 6.15. The second-order valence-electron chi connectivity index (χ2n) is 6.49. The highest BCUT2D eigenvalue weighted by Crippen LogP contribution is 2.21. The number of guanidine groups is 1. The smallest absolute Gasteiger partial charge is 0.191 e. The van der Waals surface area contributed by atoms with Crippen LogP contribution in [0.5, 0.6) is 0 Å². The molecule has 1 unspecified atom stereocenters. The Balaban J connectivity index is 1.64. The molecule has 1 aliphatic rings. The van der Waals surface area contributed by atoms with Gasteiger partial charge in [-0.15, -0.1) is 0 Å². The normalized spacial score (nSPS) is 19.8. The summed E-state index contributed by atoms with van der Waals surface area (Å²) in [5.74, 6) is 1.43. The van der Waals surface area contributed by atoms with E-state index in [1.165, 1.54) is 34.9 Å². The summed E-state index contributed by atoms with van der Waals surface area (Å²) in [5.41, 5.74) is 10.00. The van der Waals surface area contributed by atoms with Gasteiger partial charge in [-0.1, -0.05) is 25.1 Å². The monoisotopic (exact) mass is 298 g/mol. The molecule has 4 nitrogen and oxygen atoms in total. The van der Waals surface area contributed by atoms with E-state index in [9.17, 15) is 0 Å². The molecule has 0 radical (unpaired) electrons. The molecular weight excluding hydrogens is 272 g/mol. The van der Waals surface area contributed by atoms with E-state index in [1.807, 2.05) is 0 Å². The standard InChI is InChI=1S/C18H26N4/c1-13-5-4-10-22(12-13)18(19)20-9-8-15-11-21-17-14(2)6-3-7-16(15)17/h3,6-7,11,13,21H,4-5,8-10,12H2,1-2H3,(H2,19,20). The molecule has 3 rings (SSSR count). The second-order valence-corrected chi connectivity index (χ2v) is 6.49. The molecule has 0 aliphatic carbocycles. The number of rotatable bonds is 3. The average Bonchev–Trinajstić information content (AvgIpc) is 2.92. The quantitative estimate of drug-likeness (QED) is 0.676. The molecule has 0 spiro atoms. The zero-order valence-corrected chi connectivity index (χ0v) is 13.6. The van der Waals surface area contributed by atoms with E-state index in [0.717, 1.165) is 32.0 Å². The lowest BCUT2D eigenvalue weighted by atomic mass is 10.0. The first-order valence-electron chi connectivity index (χ1n) is 8.25. The Morgan fingerprint density at radius 2 is 2.32 bits per heavy atom. The number of likely N-dealkylation sites (tertiary alicyclic amines) is 1. The maximum absolute atomic E-state index is 6.15. The molecule has 1 atom stereocenters. The van der Waals surface area contributed by atoms with E-state index < -0.39 is 0 Å². The zero-order chi connectivity index (χ0) is 15.5. The van der Waals surface area contributed by atoms with Gasteiger partial charge in [-0.05, 0) is 43.2 Å². The van der Waals surface area contributed by atoms with Gasteiger partial charge in [0, 0.05) is 36.7 Å². The van der Waals surface area contributed by atoms with E-state index in [4.69, 9.17) is 5.73 Å². The molecule has 2 aromatic rings. The molecule has 1 saturated heterocycles. The van der Waals surface area contributed by atoms with Crippen LogP contribution in [-0.2, 0) is 6.42 Å². The van der Waals surface area contributed by atoms with Crippen LogP contribution in [0.25, 0.3) is 10.9 Å². The van der Waals surface area contributed by atoms with E-state index in [0.29, 0.717) is 5.96 Å². The third-order valence-electron chi connectivity index (χ3n) is 4.65. The van der Waals surface area contributed by atoms with Crippen molar-refractivity contribution in [1.29, 1.82) is 0 Å². The molecule has 1 fully saturated rings. The number of benzene rings is 1. The van der Waals surface area contributed by atoms with Gasteiger partial charge in [-0.2, -0.15) is 0 Å². The fourth-order valence-electron chi connectivity index (χ4n) is 3.36. The number of aryl methyl sites for hydroxylation is 1. The van der Waals surface area contributed by atoms with Crippen LogP contribution in [0.15, 0.2) is 29.4 Å². The number of fused-ring (bicyclic) bond motifs is 1. The topological polar surface area (TPSA) is 57.4 Å². The van der Waals surface area contributed by atoms with Gasteiger partial charge >= 0.3 is 0 Å². The molecule has 2 heterocycles. The lowest BCUT2D eigenvalue weighted by Gasteiger charge is -2.31. The molecule has 4 heteroatoms. The predicted octanol–water partition coefficient (Wildman–Crippen LogP) is 3.07. The summed E-state index contributed by atoms with van der Waals surface area (Å²) in [5, 5.41) is 1.31. The summed E-state index contributed by atoms with van der Waals surface area (Å²) in [6, 6.07) is 6.42. The second kappa shape index (κ2) is 6.42. The Morgan fingerprint density at radius 1 is 1.45 bits per heavy atom. The summed E-state index contributed by atoms with van der Waals surface area (Å²) in [6.45, 7) is 7.26. The molecule has 3 N–H and O–H groups in total. The summed E-state index contributed by atoms with van der Waals surface area (Å²) >= 11 is 0. The highest BCUT2D eigenvalue weighted by Gasteiger charge is 2.17. The van der Waals surface area contributed by atoms with Crippen molar-refractivity contribution in [3.63, 3.8) is 0 Å². The Hall–Kier alpha value is -1.97.